The van der Waals surface area contributed by atoms with Crippen LogP contribution in [0.3, 0.4) is 0 Å². The highest BCUT2D eigenvalue weighted by Crippen LogP contribution is 2.19. The molecule has 1 saturated heterocycles. The third kappa shape index (κ3) is 4.38. The van der Waals surface area contributed by atoms with E-state index in [0.29, 0.717) is 25.6 Å². The molecule has 1 N–H and O–H groups in total. The Morgan fingerprint density at radius 3 is 2.65 bits per heavy atom. The third-order valence-electron chi connectivity index (χ3n) is 3.52. The third-order valence-corrected chi connectivity index (χ3v) is 3.52. The Hall–Kier alpha value is -1.81. The van der Waals surface area contributed by atoms with Gasteiger partial charge in [0.15, 0.2) is 0 Å². The summed E-state index contributed by atoms with van der Waals surface area (Å²) >= 11 is 0. The first-order valence-electron chi connectivity index (χ1n) is 7.02. The van der Waals surface area contributed by atoms with Crippen LogP contribution < -0.4 is 0 Å². The fourth-order valence-electron chi connectivity index (χ4n) is 2.34. The van der Waals surface area contributed by atoms with Crippen LogP contribution in [0.25, 0.3) is 0 Å². The number of ether oxygens (including phenoxy) is 1. The zero-order chi connectivity index (χ0) is 14.2. The van der Waals surface area contributed by atoms with Gasteiger partial charge in [0, 0.05) is 13.1 Å². The van der Waals surface area contributed by atoms with Gasteiger partial charge in [0.1, 0.15) is 6.61 Å². The molecule has 1 heterocycles. The zero-order valence-electron chi connectivity index (χ0n) is 11.6. The number of benzene rings is 1. The van der Waals surface area contributed by atoms with E-state index in [1.165, 1.54) is 0 Å². The van der Waals surface area contributed by atoms with Gasteiger partial charge >= 0.3 is 6.09 Å². The Morgan fingerprint density at radius 1 is 1.30 bits per heavy atom. The number of aliphatic hydroxyl groups excluding tert-OH is 1. The molecule has 0 atom stereocenters. The van der Waals surface area contributed by atoms with E-state index in [-0.39, 0.29) is 12.7 Å². The topological polar surface area (TPSA) is 49.8 Å². The Kier molecular flexibility index (Phi) is 5.62. The number of aliphatic hydroxyl groups is 1. The van der Waals surface area contributed by atoms with Crippen molar-refractivity contribution < 1.29 is 14.6 Å². The first-order valence-corrected chi connectivity index (χ1v) is 7.02. The van der Waals surface area contributed by atoms with E-state index in [9.17, 15) is 4.79 Å². The summed E-state index contributed by atoms with van der Waals surface area (Å²) in [5.74, 6) is 0.459. The van der Waals surface area contributed by atoms with Gasteiger partial charge in [0.05, 0.1) is 6.61 Å². The van der Waals surface area contributed by atoms with Crippen molar-refractivity contribution in [1.29, 1.82) is 0 Å². The SMILES string of the molecule is O=C(OCc1ccccc1)N1CCC(/C=C/CO)CC1. The standard InChI is InChI=1S/C16H21NO3/c18-12-4-7-14-8-10-17(11-9-14)16(19)20-13-15-5-2-1-3-6-15/h1-7,14,18H,8-13H2/b7-4+. The van der Waals surface area contributed by atoms with E-state index in [1.54, 1.807) is 11.0 Å². The maximum atomic E-state index is 11.9. The number of allylic oxidation sites excluding steroid dienone is 1. The van der Waals surface area contributed by atoms with Crippen molar-refractivity contribution in [3.63, 3.8) is 0 Å². The van der Waals surface area contributed by atoms with Gasteiger partial charge in [-0.25, -0.2) is 4.79 Å². The quantitative estimate of drug-likeness (QED) is 0.859. The Balaban J connectivity index is 1.73. The average molecular weight is 275 g/mol. The number of piperidine rings is 1. The highest BCUT2D eigenvalue weighted by Gasteiger charge is 2.22. The number of hydrogen-bond donors (Lipinski definition) is 1. The van der Waals surface area contributed by atoms with E-state index in [2.05, 4.69) is 0 Å². The number of amides is 1. The van der Waals surface area contributed by atoms with Crippen molar-refractivity contribution >= 4 is 6.09 Å². The Morgan fingerprint density at radius 2 is 2.00 bits per heavy atom. The van der Waals surface area contributed by atoms with Crippen LogP contribution in [0.5, 0.6) is 0 Å². The highest BCUT2D eigenvalue weighted by atomic mass is 16.6. The minimum atomic E-state index is -0.238. The maximum Gasteiger partial charge on any atom is 0.410 e. The van der Waals surface area contributed by atoms with Crippen LogP contribution in [0.15, 0.2) is 42.5 Å². The lowest BCUT2D eigenvalue weighted by Crippen LogP contribution is -2.38. The number of hydrogen-bond acceptors (Lipinski definition) is 3. The summed E-state index contributed by atoms with van der Waals surface area (Å²) in [6.45, 7) is 1.84. The van der Waals surface area contributed by atoms with E-state index < -0.39 is 0 Å². The summed E-state index contributed by atoms with van der Waals surface area (Å²) in [7, 11) is 0. The largest absolute Gasteiger partial charge is 0.445 e. The molecule has 1 aliphatic heterocycles. The molecule has 0 aliphatic carbocycles. The molecule has 20 heavy (non-hydrogen) atoms. The molecule has 0 spiro atoms. The van der Waals surface area contributed by atoms with Crippen molar-refractivity contribution in [3.8, 4) is 0 Å². The predicted molar refractivity (Wildman–Crippen MR) is 77.1 cm³/mol. The molecular weight excluding hydrogens is 254 g/mol. The molecule has 0 aromatic heterocycles. The molecule has 1 fully saturated rings. The van der Waals surface area contributed by atoms with Crippen molar-refractivity contribution in [3.05, 3.63) is 48.0 Å². The molecule has 1 aliphatic rings. The summed E-state index contributed by atoms with van der Waals surface area (Å²) in [5, 5.41) is 8.74. The fourth-order valence-corrected chi connectivity index (χ4v) is 2.34. The van der Waals surface area contributed by atoms with Crippen LogP contribution in [-0.4, -0.2) is 35.8 Å². The number of rotatable bonds is 4. The van der Waals surface area contributed by atoms with E-state index in [1.807, 2.05) is 36.4 Å². The van der Waals surface area contributed by atoms with Gasteiger partial charge in [0.25, 0.3) is 0 Å². The average Bonchev–Trinajstić information content (AvgIpc) is 2.52. The molecule has 1 amide bonds. The van der Waals surface area contributed by atoms with Crippen molar-refractivity contribution in [1.82, 2.24) is 4.90 Å². The number of likely N-dealkylation sites (tertiary alicyclic amines) is 1. The van der Waals surface area contributed by atoms with Gasteiger partial charge < -0.3 is 14.7 Å². The molecule has 2 rings (SSSR count). The molecule has 1 aromatic carbocycles. The molecule has 0 bridgehead atoms. The molecule has 0 radical (unpaired) electrons. The van der Waals surface area contributed by atoms with Crippen LogP contribution in [0, 0.1) is 5.92 Å². The van der Waals surface area contributed by atoms with Gasteiger partial charge in [-0.1, -0.05) is 42.5 Å². The molecular formula is C16H21NO3. The summed E-state index contributed by atoms with van der Waals surface area (Å²) in [6, 6.07) is 9.69. The van der Waals surface area contributed by atoms with E-state index in [0.717, 1.165) is 18.4 Å². The fraction of sp³-hybridized carbons (Fsp3) is 0.438. The highest BCUT2D eigenvalue weighted by molar-refractivity contribution is 5.67. The summed E-state index contributed by atoms with van der Waals surface area (Å²) in [6.07, 6.45) is 5.42. The van der Waals surface area contributed by atoms with Crippen LogP contribution in [0.2, 0.25) is 0 Å². The second-order valence-corrected chi connectivity index (χ2v) is 4.98. The first kappa shape index (κ1) is 14.6. The second-order valence-electron chi connectivity index (χ2n) is 4.98. The lowest BCUT2D eigenvalue weighted by atomic mass is 9.97. The van der Waals surface area contributed by atoms with Crippen molar-refractivity contribution in [2.45, 2.75) is 19.4 Å². The minimum Gasteiger partial charge on any atom is -0.445 e. The minimum absolute atomic E-state index is 0.0827. The number of carbonyl (C=O) groups is 1. The van der Waals surface area contributed by atoms with E-state index in [4.69, 9.17) is 9.84 Å². The first-order chi connectivity index (χ1) is 9.79. The molecule has 0 saturated carbocycles. The maximum absolute atomic E-state index is 11.9. The van der Waals surface area contributed by atoms with Crippen LogP contribution in [0.1, 0.15) is 18.4 Å². The van der Waals surface area contributed by atoms with E-state index >= 15 is 0 Å². The molecule has 4 nitrogen and oxygen atoms in total. The monoisotopic (exact) mass is 275 g/mol. The van der Waals surface area contributed by atoms with Gasteiger partial charge in [0.2, 0.25) is 0 Å². The Labute approximate surface area is 119 Å². The van der Waals surface area contributed by atoms with Crippen molar-refractivity contribution in [2.75, 3.05) is 19.7 Å². The van der Waals surface area contributed by atoms with Crippen LogP contribution in [-0.2, 0) is 11.3 Å². The van der Waals surface area contributed by atoms with Gasteiger partial charge in [-0.3, -0.25) is 0 Å². The molecule has 4 heteroatoms. The predicted octanol–water partition coefficient (Wildman–Crippen LogP) is 2.58. The van der Waals surface area contributed by atoms with Crippen LogP contribution in [0.4, 0.5) is 4.79 Å². The van der Waals surface area contributed by atoms with Gasteiger partial charge in [-0.15, -0.1) is 0 Å². The van der Waals surface area contributed by atoms with Gasteiger partial charge in [-0.2, -0.15) is 0 Å². The number of carbonyl (C=O) groups excluding carboxylic acids is 1. The van der Waals surface area contributed by atoms with Gasteiger partial charge in [-0.05, 0) is 24.3 Å². The molecule has 108 valence electrons. The second kappa shape index (κ2) is 7.70. The summed E-state index contributed by atoms with van der Waals surface area (Å²) in [5.41, 5.74) is 1.00. The number of nitrogens with zero attached hydrogens (tertiary/aromatic N) is 1. The molecule has 0 unspecified atom stereocenters. The zero-order valence-corrected chi connectivity index (χ0v) is 11.6. The van der Waals surface area contributed by atoms with Crippen LogP contribution >= 0.6 is 0 Å². The summed E-state index contributed by atoms with van der Waals surface area (Å²) in [4.78, 5) is 13.7. The normalized spacial score (nSPS) is 16.6. The summed E-state index contributed by atoms with van der Waals surface area (Å²) < 4.78 is 5.31. The lowest BCUT2D eigenvalue weighted by Gasteiger charge is -2.29. The Bertz CT molecular complexity index is 436. The molecule has 1 aromatic rings. The smallest absolute Gasteiger partial charge is 0.410 e. The van der Waals surface area contributed by atoms with Crippen molar-refractivity contribution in [2.24, 2.45) is 5.92 Å². The lowest BCUT2D eigenvalue weighted by molar-refractivity contribution is 0.0854.